The zero-order chi connectivity index (χ0) is 19.6. The van der Waals surface area contributed by atoms with Crippen LogP contribution < -0.4 is 10.4 Å². The number of pyridine rings is 1. The first-order valence-electron chi connectivity index (χ1n) is 8.20. The van der Waals surface area contributed by atoms with Crippen LogP contribution in [0.2, 0.25) is 0 Å². The highest BCUT2D eigenvalue weighted by atomic mass is 16.5. The van der Waals surface area contributed by atoms with E-state index in [0.29, 0.717) is 19.6 Å². The Morgan fingerprint density at radius 1 is 1.37 bits per heavy atom. The van der Waals surface area contributed by atoms with Crippen molar-refractivity contribution in [2.24, 2.45) is 0 Å². The van der Waals surface area contributed by atoms with Crippen LogP contribution in [0.5, 0.6) is 5.75 Å². The lowest BCUT2D eigenvalue weighted by Gasteiger charge is -2.39. The highest BCUT2D eigenvalue weighted by Gasteiger charge is 2.34. The molecule has 0 aromatic carbocycles. The molecule has 0 aliphatic carbocycles. The number of methoxy groups -OCH3 is 1. The van der Waals surface area contributed by atoms with Crippen LogP contribution in [0, 0.1) is 0 Å². The molecule has 27 heavy (non-hydrogen) atoms. The Hall–Kier alpha value is -3.27. The van der Waals surface area contributed by atoms with Gasteiger partial charge in [0, 0.05) is 32.0 Å². The lowest BCUT2D eigenvalue weighted by molar-refractivity contribution is 0.0650. The number of aromatic nitrogens is 1. The molecule has 1 aliphatic heterocycles. The molecule has 2 N–H and O–H groups in total. The Morgan fingerprint density at radius 2 is 2.15 bits per heavy atom. The summed E-state index contributed by atoms with van der Waals surface area (Å²) in [5.41, 5.74) is -1.20. The lowest BCUT2D eigenvalue weighted by Crippen LogP contribution is -2.54. The maximum absolute atomic E-state index is 12.8. The first kappa shape index (κ1) is 18.5. The van der Waals surface area contributed by atoms with Crippen LogP contribution in [0.1, 0.15) is 32.8 Å². The number of hydrogen-bond donors (Lipinski definition) is 2. The van der Waals surface area contributed by atoms with Gasteiger partial charge in [-0.1, -0.05) is 0 Å². The van der Waals surface area contributed by atoms with Crippen LogP contribution in [0.4, 0.5) is 0 Å². The fourth-order valence-corrected chi connectivity index (χ4v) is 2.93. The van der Waals surface area contributed by atoms with Gasteiger partial charge in [0.2, 0.25) is 5.43 Å². The first-order chi connectivity index (χ1) is 12.9. The Labute approximate surface area is 153 Å². The number of aromatic hydroxyl groups is 1. The molecule has 144 valence electrons. The molecule has 0 saturated heterocycles. The summed E-state index contributed by atoms with van der Waals surface area (Å²) in [7, 11) is 1.55. The molecule has 0 spiro atoms. The number of carbonyl (C=O) groups is 2. The van der Waals surface area contributed by atoms with E-state index in [2.05, 4.69) is 0 Å². The largest absolute Gasteiger partial charge is 0.502 e. The summed E-state index contributed by atoms with van der Waals surface area (Å²) < 4.78 is 11.3. The van der Waals surface area contributed by atoms with Gasteiger partial charge in [-0.3, -0.25) is 19.3 Å². The van der Waals surface area contributed by atoms with Crippen LogP contribution in [0.25, 0.3) is 0 Å². The minimum atomic E-state index is -1.48. The molecular formula is C17H19N3O7. The van der Waals surface area contributed by atoms with Crippen molar-refractivity contribution >= 4 is 11.9 Å². The Morgan fingerprint density at radius 3 is 2.78 bits per heavy atom. The minimum Gasteiger partial charge on any atom is -0.502 e. The van der Waals surface area contributed by atoms with Gasteiger partial charge in [-0.15, -0.1) is 0 Å². The Kier molecular flexibility index (Phi) is 5.17. The minimum absolute atomic E-state index is 0.141. The quantitative estimate of drug-likeness (QED) is 0.666. The molecule has 1 amide bonds. The molecular weight excluding hydrogens is 358 g/mol. The smallest absolute Gasteiger partial charge is 0.341 e. The van der Waals surface area contributed by atoms with Crippen LogP contribution in [0.15, 0.2) is 34.0 Å². The van der Waals surface area contributed by atoms with Crippen LogP contribution in [0.3, 0.4) is 0 Å². The first-order valence-corrected chi connectivity index (χ1v) is 8.20. The Bertz CT molecular complexity index is 904. The number of nitrogens with zero attached hydrogens (tertiary/aromatic N) is 3. The van der Waals surface area contributed by atoms with Gasteiger partial charge in [0.05, 0.1) is 19.1 Å². The summed E-state index contributed by atoms with van der Waals surface area (Å²) >= 11 is 0. The molecule has 0 bridgehead atoms. The zero-order valence-electron chi connectivity index (χ0n) is 14.6. The topological polar surface area (TPSA) is 125 Å². The van der Waals surface area contributed by atoms with Gasteiger partial charge >= 0.3 is 5.97 Å². The summed E-state index contributed by atoms with van der Waals surface area (Å²) in [6.07, 6.45) is 4.64. The molecule has 3 heterocycles. The average molecular weight is 377 g/mol. The van der Waals surface area contributed by atoms with Gasteiger partial charge in [0.15, 0.2) is 11.4 Å². The van der Waals surface area contributed by atoms with Crippen molar-refractivity contribution in [1.82, 2.24) is 9.58 Å². The third-order valence-electron chi connectivity index (χ3n) is 4.25. The number of aromatic carboxylic acids is 1. The standard InChI is InChI=1S/C17H19N3O7/c1-26-5-2-4-18-10-19(7-11-3-6-27-9-11)20-8-12(17(24)25)14(21)15(22)13(20)16(18)23/h3,6,8-9,22H,2,4-5,7,10H2,1H3,(H,24,25). The van der Waals surface area contributed by atoms with Gasteiger partial charge in [0.1, 0.15) is 12.2 Å². The van der Waals surface area contributed by atoms with Crippen molar-refractivity contribution in [3.05, 3.63) is 51.8 Å². The predicted octanol–water partition coefficient (Wildman–Crippen LogP) is 0.433. The predicted molar refractivity (Wildman–Crippen MR) is 92.4 cm³/mol. The van der Waals surface area contributed by atoms with Crippen molar-refractivity contribution in [1.29, 1.82) is 0 Å². The van der Waals surface area contributed by atoms with Crippen molar-refractivity contribution in [3.8, 4) is 5.75 Å². The maximum Gasteiger partial charge on any atom is 0.341 e. The van der Waals surface area contributed by atoms with E-state index >= 15 is 0 Å². The van der Waals surface area contributed by atoms with Crippen molar-refractivity contribution in [2.75, 3.05) is 31.9 Å². The van der Waals surface area contributed by atoms with E-state index in [1.165, 1.54) is 22.1 Å². The van der Waals surface area contributed by atoms with Crippen molar-refractivity contribution in [2.45, 2.75) is 13.0 Å². The molecule has 0 unspecified atom stereocenters. The van der Waals surface area contributed by atoms with E-state index in [1.807, 2.05) is 0 Å². The van der Waals surface area contributed by atoms with E-state index in [9.17, 15) is 24.6 Å². The number of rotatable bonds is 7. The third-order valence-corrected chi connectivity index (χ3v) is 4.25. The van der Waals surface area contributed by atoms with E-state index in [-0.39, 0.29) is 18.9 Å². The molecule has 10 heteroatoms. The van der Waals surface area contributed by atoms with E-state index in [0.717, 1.165) is 11.8 Å². The number of fused-ring (bicyclic) bond motifs is 1. The Balaban J connectivity index is 2.06. The molecule has 0 radical (unpaired) electrons. The fourth-order valence-electron chi connectivity index (χ4n) is 2.93. The van der Waals surface area contributed by atoms with Crippen molar-refractivity contribution < 1.29 is 29.0 Å². The molecule has 2 aromatic rings. The normalized spacial score (nSPS) is 13.7. The monoisotopic (exact) mass is 377 g/mol. The lowest BCUT2D eigenvalue weighted by atomic mass is 10.2. The number of amides is 1. The maximum atomic E-state index is 12.8. The fraction of sp³-hybridized carbons (Fsp3) is 0.353. The number of ether oxygens (including phenoxy) is 1. The number of hydrogen-bond acceptors (Lipinski definition) is 7. The molecule has 2 aromatic heterocycles. The number of carbonyl (C=O) groups excluding carboxylic acids is 1. The summed E-state index contributed by atoms with van der Waals surface area (Å²) in [5, 5.41) is 21.1. The molecule has 0 saturated carbocycles. The van der Waals surface area contributed by atoms with Crippen LogP contribution >= 0.6 is 0 Å². The second-order valence-electron chi connectivity index (χ2n) is 6.07. The number of furan rings is 1. The molecule has 0 atom stereocenters. The SMILES string of the molecule is COCCCN1CN(Cc2ccoc2)n2cc(C(=O)O)c(=O)c(O)c2C1=O. The summed E-state index contributed by atoms with van der Waals surface area (Å²) in [6, 6.07) is 1.73. The molecule has 1 aliphatic rings. The van der Waals surface area contributed by atoms with Crippen molar-refractivity contribution in [3.63, 3.8) is 0 Å². The molecule has 0 fully saturated rings. The summed E-state index contributed by atoms with van der Waals surface area (Å²) in [4.78, 5) is 37.7. The van der Waals surface area contributed by atoms with Crippen LogP contribution in [-0.2, 0) is 11.3 Å². The van der Waals surface area contributed by atoms with E-state index in [1.54, 1.807) is 18.2 Å². The average Bonchev–Trinajstić information content (AvgIpc) is 3.14. The highest BCUT2D eigenvalue weighted by Crippen LogP contribution is 2.22. The van der Waals surface area contributed by atoms with Gasteiger partial charge < -0.3 is 24.3 Å². The van der Waals surface area contributed by atoms with Crippen LogP contribution in [-0.4, -0.2) is 58.6 Å². The molecule has 10 nitrogen and oxygen atoms in total. The van der Waals surface area contributed by atoms with E-state index < -0.39 is 28.6 Å². The second-order valence-corrected chi connectivity index (χ2v) is 6.07. The molecule has 3 rings (SSSR count). The van der Waals surface area contributed by atoms with E-state index in [4.69, 9.17) is 9.15 Å². The van der Waals surface area contributed by atoms with Gasteiger partial charge in [-0.05, 0) is 12.5 Å². The summed E-state index contributed by atoms with van der Waals surface area (Å²) in [6.45, 7) is 1.21. The van der Waals surface area contributed by atoms with Gasteiger partial charge in [0.25, 0.3) is 5.91 Å². The zero-order valence-corrected chi connectivity index (χ0v) is 14.6. The highest BCUT2D eigenvalue weighted by molar-refractivity contribution is 5.97. The summed E-state index contributed by atoms with van der Waals surface area (Å²) in [5.74, 6) is -2.92. The van der Waals surface area contributed by atoms with Gasteiger partial charge in [-0.25, -0.2) is 4.79 Å². The second kappa shape index (κ2) is 7.54. The number of carboxylic acids is 1. The van der Waals surface area contributed by atoms with Gasteiger partial charge in [-0.2, -0.15) is 0 Å². The number of carboxylic acid groups (broad SMARTS) is 1. The third kappa shape index (κ3) is 3.51.